The molecule has 3 nitrogen and oxygen atoms in total. The molecule has 0 aliphatic heterocycles. The van der Waals surface area contributed by atoms with Crippen LogP contribution in [0.1, 0.15) is 60.3 Å². The fraction of sp³-hybridized carbons (Fsp3) is 0.812. The van der Waals surface area contributed by atoms with Crippen LogP contribution in [0.25, 0.3) is 0 Å². The number of hydrogen-bond acceptors (Lipinski definition) is 3. The predicted octanol–water partition coefficient (Wildman–Crippen LogP) is 3.46. The lowest BCUT2D eigenvalue weighted by atomic mass is 9.80. The molecule has 0 amide bonds. The second kappa shape index (κ2) is 6.08. The highest BCUT2D eigenvalue weighted by Crippen LogP contribution is 2.41. The Morgan fingerprint density at radius 2 is 1.95 bits per heavy atom. The number of allylic oxidation sites excluding steroid dienone is 1. The molecule has 0 saturated heterocycles. The van der Waals surface area contributed by atoms with Gasteiger partial charge in [0, 0.05) is 0 Å². The number of carbonyl (C=O) groups is 1. The molecule has 0 spiro atoms. The quantitative estimate of drug-likeness (QED) is 0.613. The predicted molar refractivity (Wildman–Crippen MR) is 76.7 cm³/mol. The van der Waals surface area contributed by atoms with Crippen LogP contribution in [0.3, 0.4) is 0 Å². The standard InChI is InChI=1S/C16H28O3/c1-6-8-12-9-11-16(18,10-7-2)13(12)14(17)19-15(3,4)5/h9,11-13,18H,6-8,10H2,1-5H3/t12-,13-,16-/m1/s1. The molecule has 1 N–H and O–H groups in total. The molecule has 0 bridgehead atoms. The second-order valence-corrected chi connectivity index (χ2v) is 6.56. The number of aliphatic hydroxyl groups is 1. The Labute approximate surface area is 117 Å². The SMILES string of the molecule is CCC[C@@H]1C=C[C@](O)(CCC)[C@H]1C(=O)OC(C)(C)C. The van der Waals surface area contributed by atoms with Crippen LogP contribution < -0.4 is 0 Å². The first-order chi connectivity index (χ1) is 8.73. The molecule has 0 fully saturated rings. The third-order valence-electron chi connectivity index (χ3n) is 3.53. The third kappa shape index (κ3) is 4.07. The minimum Gasteiger partial charge on any atom is -0.460 e. The van der Waals surface area contributed by atoms with Gasteiger partial charge in [-0.15, -0.1) is 0 Å². The second-order valence-electron chi connectivity index (χ2n) is 6.56. The van der Waals surface area contributed by atoms with Gasteiger partial charge in [0.05, 0.1) is 11.5 Å². The maximum atomic E-state index is 12.4. The van der Waals surface area contributed by atoms with Crippen molar-refractivity contribution in [3.05, 3.63) is 12.2 Å². The smallest absolute Gasteiger partial charge is 0.313 e. The van der Waals surface area contributed by atoms with Gasteiger partial charge in [0.2, 0.25) is 0 Å². The normalized spacial score (nSPS) is 30.6. The van der Waals surface area contributed by atoms with Crippen LogP contribution in [0.15, 0.2) is 12.2 Å². The number of ether oxygens (including phenoxy) is 1. The first kappa shape index (κ1) is 16.2. The molecule has 0 aromatic rings. The van der Waals surface area contributed by atoms with Crippen LogP contribution in [-0.2, 0) is 9.53 Å². The van der Waals surface area contributed by atoms with Crippen molar-refractivity contribution in [2.75, 3.05) is 0 Å². The van der Waals surface area contributed by atoms with Gasteiger partial charge in [0.15, 0.2) is 0 Å². The van der Waals surface area contributed by atoms with Gasteiger partial charge >= 0.3 is 5.97 Å². The van der Waals surface area contributed by atoms with Gasteiger partial charge in [-0.1, -0.05) is 38.8 Å². The van der Waals surface area contributed by atoms with E-state index in [-0.39, 0.29) is 11.9 Å². The summed E-state index contributed by atoms with van der Waals surface area (Å²) in [6.07, 6.45) is 7.16. The van der Waals surface area contributed by atoms with Crippen molar-refractivity contribution in [1.29, 1.82) is 0 Å². The van der Waals surface area contributed by atoms with Crippen LogP contribution in [-0.4, -0.2) is 22.3 Å². The molecule has 19 heavy (non-hydrogen) atoms. The molecule has 110 valence electrons. The summed E-state index contributed by atoms with van der Waals surface area (Å²) in [6.45, 7) is 9.70. The summed E-state index contributed by atoms with van der Waals surface area (Å²) in [5.41, 5.74) is -1.54. The zero-order chi connectivity index (χ0) is 14.7. The summed E-state index contributed by atoms with van der Waals surface area (Å²) in [6, 6.07) is 0. The molecule has 0 aromatic heterocycles. The first-order valence-electron chi connectivity index (χ1n) is 7.38. The lowest BCUT2D eigenvalue weighted by Crippen LogP contribution is -2.44. The van der Waals surface area contributed by atoms with Crippen LogP contribution >= 0.6 is 0 Å². The van der Waals surface area contributed by atoms with Gasteiger partial charge in [-0.25, -0.2) is 0 Å². The molecule has 1 aliphatic rings. The van der Waals surface area contributed by atoms with Gasteiger partial charge in [-0.2, -0.15) is 0 Å². The molecule has 1 aliphatic carbocycles. The number of rotatable bonds is 5. The lowest BCUT2D eigenvalue weighted by Gasteiger charge is -2.33. The fourth-order valence-corrected chi connectivity index (χ4v) is 2.86. The average Bonchev–Trinajstić information content (AvgIpc) is 2.54. The summed E-state index contributed by atoms with van der Waals surface area (Å²) >= 11 is 0. The van der Waals surface area contributed by atoms with E-state index in [2.05, 4.69) is 6.92 Å². The van der Waals surface area contributed by atoms with Crippen LogP contribution in [0.4, 0.5) is 0 Å². The zero-order valence-electron chi connectivity index (χ0n) is 12.9. The highest BCUT2D eigenvalue weighted by atomic mass is 16.6. The molecule has 3 heteroatoms. The van der Waals surface area contributed by atoms with Crippen LogP contribution in [0.5, 0.6) is 0 Å². The maximum Gasteiger partial charge on any atom is 0.313 e. The number of esters is 1. The highest BCUT2D eigenvalue weighted by molar-refractivity contribution is 5.76. The van der Waals surface area contributed by atoms with Crippen LogP contribution in [0, 0.1) is 11.8 Å². The van der Waals surface area contributed by atoms with E-state index < -0.39 is 17.1 Å². The number of hydrogen-bond donors (Lipinski definition) is 1. The lowest BCUT2D eigenvalue weighted by molar-refractivity contribution is -0.169. The monoisotopic (exact) mass is 268 g/mol. The van der Waals surface area contributed by atoms with Crippen molar-refractivity contribution in [1.82, 2.24) is 0 Å². The molecule has 0 heterocycles. The Kier molecular flexibility index (Phi) is 5.19. The Morgan fingerprint density at radius 1 is 1.32 bits per heavy atom. The summed E-state index contributed by atoms with van der Waals surface area (Å²) in [4.78, 5) is 12.4. The van der Waals surface area contributed by atoms with Gasteiger partial charge in [-0.3, -0.25) is 4.79 Å². The third-order valence-corrected chi connectivity index (χ3v) is 3.53. The van der Waals surface area contributed by atoms with Gasteiger partial charge in [0.25, 0.3) is 0 Å². The molecule has 0 saturated carbocycles. The van der Waals surface area contributed by atoms with Crippen molar-refractivity contribution >= 4 is 5.97 Å². The summed E-state index contributed by atoms with van der Waals surface area (Å²) in [5, 5.41) is 10.7. The minimum absolute atomic E-state index is 0.0939. The Bertz CT molecular complexity index is 340. The fourth-order valence-electron chi connectivity index (χ4n) is 2.86. The zero-order valence-corrected chi connectivity index (χ0v) is 12.9. The van der Waals surface area contributed by atoms with Gasteiger partial charge in [-0.05, 0) is 39.5 Å². The summed E-state index contributed by atoms with van der Waals surface area (Å²) in [5.74, 6) is -0.630. The molecule has 0 radical (unpaired) electrons. The summed E-state index contributed by atoms with van der Waals surface area (Å²) < 4.78 is 5.50. The maximum absolute atomic E-state index is 12.4. The first-order valence-corrected chi connectivity index (χ1v) is 7.38. The van der Waals surface area contributed by atoms with E-state index in [1.807, 2.05) is 39.8 Å². The van der Waals surface area contributed by atoms with E-state index in [9.17, 15) is 9.90 Å². The van der Waals surface area contributed by atoms with E-state index in [4.69, 9.17) is 4.74 Å². The Hall–Kier alpha value is -0.830. The van der Waals surface area contributed by atoms with E-state index in [1.54, 1.807) is 0 Å². The average molecular weight is 268 g/mol. The minimum atomic E-state index is -1.03. The van der Waals surface area contributed by atoms with Gasteiger partial charge in [0.1, 0.15) is 5.60 Å². The van der Waals surface area contributed by atoms with Crippen molar-refractivity contribution in [2.45, 2.75) is 71.5 Å². The van der Waals surface area contributed by atoms with E-state index in [0.29, 0.717) is 6.42 Å². The highest BCUT2D eigenvalue weighted by Gasteiger charge is 2.48. The van der Waals surface area contributed by atoms with Gasteiger partial charge < -0.3 is 9.84 Å². The molecule has 0 aromatic carbocycles. The largest absolute Gasteiger partial charge is 0.460 e. The molecule has 3 atom stereocenters. The van der Waals surface area contributed by atoms with E-state index in [1.165, 1.54) is 0 Å². The van der Waals surface area contributed by atoms with Crippen LogP contribution in [0.2, 0.25) is 0 Å². The van der Waals surface area contributed by atoms with E-state index >= 15 is 0 Å². The topological polar surface area (TPSA) is 46.5 Å². The number of carbonyl (C=O) groups excluding carboxylic acids is 1. The van der Waals surface area contributed by atoms with Crippen molar-refractivity contribution in [2.24, 2.45) is 11.8 Å². The summed E-state index contributed by atoms with van der Waals surface area (Å²) in [7, 11) is 0. The molecule has 1 rings (SSSR count). The van der Waals surface area contributed by atoms with Crippen molar-refractivity contribution < 1.29 is 14.6 Å². The molecule has 0 unspecified atom stereocenters. The van der Waals surface area contributed by atoms with Crippen molar-refractivity contribution in [3.63, 3.8) is 0 Å². The van der Waals surface area contributed by atoms with Crippen molar-refractivity contribution in [3.8, 4) is 0 Å². The Morgan fingerprint density at radius 3 is 2.42 bits per heavy atom. The van der Waals surface area contributed by atoms with E-state index in [0.717, 1.165) is 19.3 Å². The molecular formula is C16H28O3. The molecular weight excluding hydrogens is 240 g/mol. The Balaban J connectivity index is 2.91.